The number of carbonyl (C=O) groups is 2. The molecule has 0 bridgehead atoms. The highest BCUT2D eigenvalue weighted by molar-refractivity contribution is 6.99. The second-order valence-electron chi connectivity index (χ2n) is 15.7. The van der Waals surface area contributed by atoms with Gasteiger partial charge in [-0.1, -0.05) is 130 Å². The number of hydrogen-bond acceptors (Lipinski definition) is 6. The van der Waals surface area contributed by atoms with Gasteiger partial charge in [0.15, 0.2) is 0 Å². The number of aliphatic hydroxyl groups is 2. The van der Waals surface area contributed by atoms with Crippen LogP contribution in [0.15, 0.2) is 114 Å². The average molecular weight is 732 g/mol. The molecule has 0 unspecified atom stereocenters. The zero-order chi connectivity index (χ0) is 37.9. The van der Waals surface area contributed by atoms with E-state index in [1.165, 1.54) is 4.90 Å². The quantitative estimate of drug-likeness (QED) is 0.0778. The van der Waals surface area contributed by atoms with E-state index < -0.39 is 32.2 Å². The lowest BCUT2D eigenvalue weighted by Crippen LogP contribution is -2.66. The first-order valence-corrected chi connectivity index (χ1v) is 20.8. The average Bonchev–Trinajstić information content (AvgIpc) is 3.39. The van der Waals surface area contributed by atoms with E-state index >= 15 is 0 Å². The molecule has 4 aromatic rings. The molecule has 0 spiro atoms. The van der Waals surface area contributed by atoms with Crippen molar-refractivity contribution in [3.63, 3.8) is 0 Å². The van der Waals surface area contributed by atoms with E-state index in [0.717, 1.165) is 37.9 Å². The number of allylic oxidation sites excluding steroid dienone is 1. The number of rotatable bonds is 13. The molecule has 3 N–H and O–H groups in total. The summed E-state index contributed by atoms with van der Waals surface area (Å²) in [6.07, 6.45) is 2.99. The summed E-state index contributed by atoms with van der Waals surface area (Å²) in [5, 5.41) is 37.2. The number of hydrogen-bond donors (Lipinski definition) is 3. The van der Waals surface area contributed by atoms with Crippen LogP contribution in [0, 0.1) is 17.8 Å². The van der Waals surface area contributed by atoms with Crippen LogP contribution in [0.1, 0.15) is 65.9 Å². The van der Waals surface area contributed by atoms with E-state index in [9.17, 15) is 24.9 Å². The number of likely N-dealkylation sites (tertiary alicyclic amines) is 1. The van der Waals surface area contributed by atoms with Crippen molar-refractivity contribution in [3.05, 3.63) is 119 Å². The Hall–Kier alpha value is -4.34. The molecule has 2 amide bonds. The molecule has 1 fully saturated rings. The summed E-state index contributed by atoms with van der Waals surface area (Å²) in [5.74, 6) is -2.26. The topological polar surface area (TPSA) is 107 Å². The molecular formula is C45H53NO6Si. The van der Waals surface area contributed by atoms with E-state index in [2.05, 4.69) is 51.1 Å². The van der Waals surface area contributed by atoms with Gasteiger partial charge in [-0.15, -0.1) is 0 Å². The summed E-state index contributed by atoms with van der Waals surface area (Å²) in [6.45, 7) is 10.8. The van der Waals surface area contributed by atoms with Gasteiger partial charge in [0.05, 0.1) is 31.2 Å². The van der Waals surface area contributed by atoms with Crippen molar-refractivity contribution in [1.82, 2.24) is 4.90 Å². The molecule has 6 rings (SSSR count). The zero-order valence-corrected chi connectivity index (χ0v) is 32.6. The minimum absolute atomic E-state index is 0.170. The number of carbonyl (C=O) groups excluding carboxylic acids is 2. The van der Waals surface area contributed by atoms with Gasteiger partial charge in [0.25, 0.3) is 8.32 Å². The Morgan fingerprint density at radius 1 is 0.906 bits per heavy atom. The minimum atomic E-state index is -2.99. The molecular weight excluding hydrogens is 679 g/mol. The van der Waals surface area contributed by atoms with E-state index in [1.807, 2.05) is 80.6 Å². The van der Waals surface area contributed by atoms with Crippen LogP contribution in [0.5, 0.6) is 5.75 Å². The number of imide groups is 1. The molecule has 0 radical (unpaired) electrons. The van der Waals surface area contributed by atoms with Gasteiger partial charge >= 0.3 is 0 Å². The molecule has 278 valence electrons. The van der Waals surface area contributed by atoms with Gasteiger partial charge in [-0.3, -0.25) is 14.5 Å². The predicted molar refractivity (Wildman–Crippen MR) is 214 cm³/mol. The molecule has 1 aliphatic carbocycles. The number of fused-ring (bicyclic) bond motifs is 2. The second kappa shape index (κ2) is 15.9. The van der Waals surface area contributed by atoms with Gasteiger partial charge in [-0.2, -0.15) is 0 Å². The van der Waals surface area contributed by atoms with Gasteiger partial charge in [-0.25, -0.2) is 0 Å². The smallest absolute Gasteiger partial charge is 0.261 e. The van der Waals surface area contributed by atoms with Crippen molar-refractivity contribution in [1.29, 1.82) is 0 Å². The Morgan fingerprint density at radius 2 is 1.51 bits per heavy atom. The van der Waals surface area contributed by atoms with Crippen LogP contribution in [0.3, 0.4) is 0 Å². The molecule has 53 heavy (non-hydrogen) atoms. The summed E-state index contributed by atoms with van der Waals surface area (Å²) in [7, 11) is -2.99. The van der Waals surface area contributed by atoms with Crippen molar-refractivity contribution in [2.24, 2.45) is 17.8 Å². The molecule has 7 nitrogen and oxygen atoms in total. The predicted octanol–water partition coefficient (Wildman–Crippen LogP) is 6.99. The van der Waals surface area contributed by atoms with Crippen molar-refractivity contribution < 1.29 is 29.3 Å². The molecule has 4 aromatic carbocycles. The Balaban J connectivity index is 1.39. The summed E-state index contributed by atoms with van der Waals surface area (Å²) in [4.78, 5) is 29.0. The minimum Gasteiger partial charge on any atom is -0.507 e. The van der Waals surface area contributed by atoms with Crippen LogP contribution in [-0.4, -0.2) is 66.2 Å². The lowest BCUT2D eigenvalue weighted by Gasteiger charge is -2.44. The van der Waals surface area contributed by atoms with Crippen LogP contribution in [0.4, 0.5) is 0 Å². The normalized spacial score (nSPS) is 20.3. The number of aliphatic hydroxyl groups excluding tert-OH is 2. The van der Waals surface area contributed by atoms with Gasteiger partial charge < -0.3 is 19.7 Å². The first-order valence-electron chi connectivity index (χ1n) is 18.9. The summed E-state index contributed by atoms with van der Waals surface area (Å²) < 4.78 is 7.37. The second-order valence-corrected chi connectivity index (χ2v) is 20.0. The fraction of sp³-hybridized carbons (Fsp3) is 0.378. The van der Waals surface area contributed by atoms with Crippen LogP contribution in [0.2, 0.25) is 5.04 Å². The number of aromatic hydroxyl groups is 1. The Kier molecular flexibility index (Phi) is 11.5. The molecule has 8 heteroatoms. The third-order valence-electron chi connectivity index (χ3n) is 11.3. The molecule has 0 aromatic heterocycles. The lowest BCUT2D eigenvalue weighted by molar-refractivity contribution is -0.140. The van der Waals surface area contributed by atoms with Crippen LogP contribution >= 0.6 is 0 Å². The molecule has 1 aliphatic heterocycles. The van der Waals surface area contributed by atoms with Crippen LogP contribution in [-0.2, 0) is 14.0 Å². The standard InChI is InChI=1S/C45H53NO6Si/c1-6-25-46-43(50)37-27-32(29-52-53(45(3,4)5,33-15-9-7-10-16-33)34-17-11-8-12-18-34)41(38(28-47)42(37)44(46)51)40(49)23-21-30(2)26-31-22-24-39(48)36-20-14-13-19-35(31)36/h7-20,22,24,26,37-38,40,42,47-49H,6,21,23,25,27-29H2,1-5H3/b30-26+/t37-,38+,40-,42-/m1/s1. The third-order valence-corrected chi connectivity index (χ3v) is 16.3. The van der Waals surface area contributed by atoms with Crippen LogP contribution < -0.4 is 10.4 Å². The number of nitrogens with zero attached hydrogens (tertiary/aromatic N) is 1. The monoisotopic (exact) mass is 731 g/mol. The Bertz CT molecular complexity index is 1960. The van der Waals surface area contributed by atoms with Crippen molar-refractivity contribution in [2.75, 3.05) is 19.8 Å². The summed E-state index contributed by atoms with van der Waals surface area (Å²) in [5.41, 5.74) is 3.45. The van der Waals surface area contributed by atoms with Gasteiger partial charge in [0.1, 0.15) is 5.75 Å². The maximum Gasteiger partial charge on any atom is 0.261 e. The zero-order valence-electron chi connectivity index (χ0n) is 31.6. The van der Waals surface area contributed by atoms with E-state index in [4.69, 9.17) is 4.43 Å². The van der Waals surface area contributed by atoms with Crippen LogP contribution in [0.25, 0.3) is 16.8 Å². The maximum absolute atomic E-state index is 13.8. The van der Waals surface area contributed by atoms with E-state index in [1.54, 1.807) is 6.07 Å². The first kappa shape index (κ1) is 38.4. The molecule has 1 saturated heterocycles. The van der Waals surface area contributed by atoms with Crippen molar-refractivity contribution in [3.8, 4) is 5.75 Å². The lowest BCUT2D eigenvalue weighted by atomic mass is 9.68. The molecule has 1 heterocycles. The number of benzene rings is 4. The molecule has 2 aliphatic rings. The number of amides is 2. The number of phenolic OH excluding ortho intramolecular Hbond substituents is 1. The van der Waals surface area contributed by atoms with Crippen molar-refractivity contribution >= 4 is 47.4 Å². The fourth-order valence-electron chi connectivity index (χ4n) is 8.85. The highest BCUT2D eigenvalue weighted by Crippen LogP contribution is 2.47. The highest BCUT2D eigenvalue weighted by Gasteiger charge is 2.55. The third kappa shape index (κ3) is 7.30. The van der Waals surface area contributed by atoms with E-state index in [-0.39, 0.29) is 35.8 Å². The summed E-state index contributed by atoms with van der Waals surface area (Å²) in [6, 6.07) is 32.0. The first-order chi connectivity index (χ1) is 25.4. The van der Waals surface area contributed by atoms with Gasteiger partial charge in [0, 0.05) is 17.8 Å². The highest BCUT2D eigenvalue weighted by atomic mass is 28.4. The Morgan fingerprint density at radius 3 is 2.09 bits per heavy atom. The maximum atomic E-state index is 13.8. The SMILES string of the molecule is CCCN1C(=O)[C@@H]2[C@@H](CC(CO[Si](c3ccccc3)(c3ccccc3)C(C)(C)C)=C([C@H](O)CC/C(C)=C/c3ccc(O)c4ccccc34)[C@@H]2CO)C1=O. The largest absolute Gasteiger partial charge is 0.507 e. The Labute approximate surface area is 314 Å². The van der Waals surface area contributed by atoms with Crippen molar-refractivity contribution in [2.45, 2.75) is 71.4 Å². The van der Waals surface area contributed by atoms with Gasteiger partial charge in [0.2, 0.25) is 11.8 Å². The molecule has 0 saturated carbocycles. The summed E-state index contributed by atoms with van der Waals surface area (Å²) >= 11 is 0. The van der Waals surface area contributed by atoms with E-state index in [0.29, 0.717) is 37.8 Å². The fourth-order valence-corrected chi connectivity index (χ4v) is 13.4. The van der Waals surface area contributed by atoms with Gasteiger partial charge in [-0.05, 0) is 76.2 Å². The number of phenols is 1. The molecule has 4 atom stereocenters.